The topological polar surface area (TPSA) is 32.3 Å². The number of carbonyl (C=O) groups is 1. The molecule has 0 radical (unpaired) electrons. The van der Waals surface area contributed by atoms with Crippen LogP contribution >= 0.6 is 0 Å². The lowest BCUT2D eigenvalue weighted by atomic mass is 9.92. The zero-order valence-electron chi connectivity index (χ0n) is 20.5. The lowest BCUT2D eigenvalue weighted by Crippen LogP contribution is -2.30. The molecule has 1 heterocycles. The van der Waals surface area contributed by atoms with Crippen LogP contribution in [0.15, 0.2) is 30.3 Å². The van der Waals surface area contributed by atoms with Crippen LogP contribution in [0.5, 0.6) is 0 Å². The fourth-order valence-corrected chi connectivity index (χ4v) is 3.26. The van der Waals surface area contributed by atoms with Gasteiger partial charge in [0, 0.05) is 36.3 Å². The molecule has 0 spiro atoms. The maximum atomic E-state index is 13.7. The third-order valence-electron chi connectivity index (χ3n) is 4.51. The Morgan fingerprint density at radius 2 is 1.85 bits per heavy atom. The monoisotopic (exact) mass is 372 g/mol. The molecule has 1 amide bonds. The Bertz CT molecular complexity index is 1010. The van der Waals surface area contributed by atoms with E-state index in [0.717, 1.165) is 17.2 Å². The average Bonchev–Trinajstić information content (AvgIpc) is 2.60. The second kappa shape index (κ2) is 7.34. The maximum Gasteiger partial charge on any atom is 0.224 e. The molecule has 3 nitrogen and oxygen atoms in total. The zero-order chi connectivity index (χ0) is 23.4. The highest BCUT2D eigenvalue weighted by molar-refractivity contribution is 5.93. The van der Waals surface area contributed by atoms with Gasteiger partial charge in [-0.3, -0.25) is 4.79 Å². The predicted octanol–water partition coefficient (Wildman–Crippen LogP) is 5.38. The first-order valence-electron chi connectivity index (χ1n) is 11.1. The Morgan fingerprint density at radius 3 is 2.48 bits per heavy atom. The van der Waals surface area contributed by atoms with Gasteiger partial charge in [0.15, 0.2) is 0 Å². The van der Waals surface area contributed by atoms with Crippen molar-refractivity contribution in [3.8, 4) is 0 Å². The van der Waals surface area contributed by atoms with Gasteiger partial charge in [-0.05, 0) is 72.2 Å². The number of nitrogens with zero attached hydrogens (tertiary/aromatic N) is 1. The molecule has 0 saturated carbocycles. The summed E-state index contributed by atoms with van der Waals surface area (Å²) in [6.45, 7) is 7.35. The fraction of sp³-hybridized carbons (Fsp3) is 0.435. The van der Waals surface area contributed by atoms with Crippen LogP contribution in [0.3, 0.4) is 0 Å². The normalized spacial score (nSPS) is 20.0. The van der Waals surface area contributed by atoms with E-state index in [9.17, 15) is 9.18 Å². The Balaban J connectivity index is 1.99. The van der Waals surface area contributed by atoms with Crippen LogP contribution in [0.4, 0.5) is 15.8 Å². The SMILES string of the molecule is [2H]C1([2H])c2cc(F)ccc2CN(c2cc(C)c(NC(=O)CC(C)(C)C)c(C)c2)C1([2H])[2H]. The van der Waals surface area contributed by atoms with Crippen LogP contribution in [0, 0.1) is 25.1 Å². The Kier molecular flexibility index (Phi) is 3.99. The highest BCUT2D eigenvalue weighted by Crippen LogP contribution is 2.31. The van der Waals surface area contributed by atoms with Gasteiger partial charge in [-0.25, -0.2) is 4.39 Å². The number of hydrogen-bond donors (Lipinski definition) is 1. The van der Waals surface area contributed by atoms with E-state index in [1.165, 1.54) is 17.0 Å². The zero-order valence-corrected chi connectivity index (χ0v) is 16.5. The van der Waals surface area contributed by atoms with Crippen molar-refractivity contribution in [1.82, 2.24) is 0 Å². The van der Waals surface area contributed by atoms with E-state index in [1.54, 1.807) is 12.1 Å². The van der Waals surface area contributed by atoms with Gasteiger partial charge in [-0.15, -0.1) is 0 Å². The van der Waals surface area contributed by atoms with Gasteiger partial charge >= 0.3 is 0 Å². The summed E-state index contributed by atoms with van der Waals surface area (Å²) in [5.41, 5.74) is 3.15. The molecular weight excluding hydrogens is 339 g/mol. The molecule has 3 rings (SSSR count). The first-order valence-corrected chi connectivity index (χ1v) is 9.11. The summed E-state index contributed by atoms with van der Waals surface area (Å²) in [4.78, 5) is 13.8. The van der Waals surface area contributed by atoms with Crippen molar-refractivity contribution in [2.45, 2.75) is 54.0 Å². The number of benzene rings is 2. The van der Waals surface area contributed by atoms with Crippen LogP contribution in [0.1, 0.15) is 54.9 Å². The Morgan fingerprint density at radius 1 is 1.19 bits per heavy atom. The summed E-state index contributed by atoms with van der Waals surface area (Å²) in [5, 5.41) is 2.96. The summed E-state index contributed by atoms with van der Waals surface area (Å²) < 4.78 is 47.7. The molecule has 0 aliphatic carbocycles. The molecule has 2 aromatic carbocycles. The van der Waals surface area contributed by atoms with Gasteiger partial charge in [0.25, 0.3) is 0 Å². The smallest absolute Gasteiger partial charge is 0.224 e. The van der Waals surface area contributed by atoms with Crippen LogP contribution in [0.2, 0.25) is 0 Å². The molecule has 2 aromatic rings. The molecule has 0 bridgehead atoms. The first kappa shape index (κ1) is 14.7. The van der Waals surface area contributed by atoms with Gasteiger partial charge in [0.1, 0.15) is 5.82 Å². The number of carbonyl (C=O) groups excluding carboxylic acids is 1. The van der Waals surface area contributed by atoms with E-state index in [4.69, 9.17) is 5.48 Å². The molecule has 0 saturated heterocycles. The molecule has 0 fully saturated rings. The lowest BCUT2D eigenvalue weighted by molar-refractivity contribution is -0.117. The molecule has 27 heavy (non-hydrogen) atoms. The Hall–Kier alpha value is -2.36. The average molecular weight is 373 g/mol. The molecular formula is C23H29FN2O. The number of aryl methyl sites for hydroxylation is 3. The van der Waals surface area contributed by atoms with Crippen LogP contribution in [-0.2, 0) is 17.7 Å². The van der Waals surface area contributed by atoms with E-state index in [1.807, 2.05) is 34.6 Å². The van der Waals surface area contributed by atoms with Crippen molar-refractivity contribution in [3.05, 3.63) is 58.4 Å². The van der Waals surface area contributed by atoms with Crippen molar-refractivity contribution < 1.29 is 14.7 Å². The number of rotatable bonds is 3. The van der Waals surface area contributed by atoms with E-state index in [2.05, 4.69) is 5.32 Å². The third kappa shape index (κ3) is 4.68. The number of anilines is 2. The van der Waals surface area contributed by atoms with Gasteiger partial charge < -0.3 is 10.2 Å². The number of hydrogen-bond acceptors (Lipinski definition) is 2. The van der Waals surface area contributed by atoms with Gasteiger partial charge in [0.05, 0.1) is 0 Å². The highest BCUT2D eigenvalue weighted by atomic mass is 19.1. The minimum absolute atomic E-state index is 0.0354. The molecule has 1 aliphatic heterocycles. The minimum atomic E-state index is -2.41. The van der Waals surface area contributed by atoms with E-state index in [-0.39, 0.29) is 23.4 Å². The van der Waals surface area contributed by atoms with Crippen molar-refractivity contribution in [2.24, 2.45) is 5.41 Å². The van der Waals surface area contributed by atoms with Crippen LogP contribution in [0.25, 0.3) is 0 Å². The largest absolute Gasteiger partial charge is 0.367 e. The highest BCUT2D eigenvalue weighted by Gasteiger charge is 2.20. The molecule has 4 heteroatoms. The number of nitrogens with one attached hydrogen (secondary N) is 1. The third-order valence-corrected chi connectivity index (χ3v) is 4.51. The molecule has 0 aromatic heterocycles. The molecule has 0 atom stereocenters. The molecule has 144 valence electrons. The van der Waals surface area contributed by atoms with Gasteiger partial charge in [-0.1, -0.05) is 26.8 Å². The molecule has 0 unspecified atom stereocenters. The summed E-state index contributed by atoms with van der Waals surface area (Å²) in [5.74, 6) is -0.680. The number of amides is 1. The van der Waals surface area contributed by atoms with Gasteiger partial charge in [0.2, 0.25) is 5.91 Å². The molecule has 1 aliphatic rings. The summed E-state index contributed by atoms with van der Waals surface area (Å²) in [6.07, 6.45) is -2.04. The van der Waals surface area contributed by atoms with Crippen molar-refractivity contribution in [2.75, 3.05) is 16.7 Å². The maximum absolute atomic E-state index is 13.7. The summed E-state index contributed by atoms with van der Waals surface area (Å²) >= 11 is 0. The van der Waals surface area contributed by atoms with Crippen LogP contribution in [-0.4, -0.2) is 12.4 Å². The van der Waals surface area contributed by atoms with Crippen molar-refractivity contribution in [3.63, 3.8) is 0 Å². The fourth-order valence-electron chi connectivity index (χ4n) is 3.26. The number of halogens is 1. The summed E-state index contributed by atoms with van der Waals surface area (Å²) in [6, 6.07) is 7.35. The standard InChI is InChI=1S/C23H29FN2O/c1-15-10-20(11-16(2)22(15)25-21(27)13-23(3,4)5)26-9-8-17-12-19(24)7-6-18(17)14-26/h6-7,10-12H,8-9,13-14H2,1-5H3,(H,25,27)/i8D2,9D2. The van der Waals surface area contributed by atoms with Crippen LogP contribution < -0.4 is 10.2 Å². The van der Waals surface area contributed by atoms with Crippen molar-refractivity contribution >= 4 is 17.3 Å². The first-order chi connectivity index (χ1) is 14.1. The second-order valence-electron chi connectivity index (χ2n) is 8.36. The van der Waals surface area contributed by atoms with E-state index >= 15 is 0 Å². The molecule has 1 N–H and O–H groups in total. The summed E-state index contributed by atoms with van der Waals surface area (Å²) in [7, 11) is 0. The van der Waals surface area contributed by atoms with Gasteiger partial charge in [-0.2, -0.15) is 0 Å². The quantitative estimate of drug-likeness (QED) is 0.784. The van der Waals surface area contributed by atoms with Crippen molar-refractivity contribution in [1.29, 1.82) is 0 Å². The minimum Gasteiger partial charge on any atom is -0.367 e. The number of fused-ring (bicyclic) bond motifs is 1. The second-order valence-corrected chi connectivity index (χ2v) is 8.36. The lowest BCUT2D eigenvalue weighted by Gasteiger charge is -2.31. The van der Waals surface area contributed by atoms with E-state index in [0.29, 0.717) is 23.4 Å². The Labute approximate surface area is 167 Å². The predicted molar refractivity (Wildman–Crippen MR) is 110 cm³/mol. The van der Waals surface area contributed by atoms with E-state index < -0.39 is 18.7 Å².